The largest absolute Gasteiger partial charge is 0.354 e. The van der Waals surface area contributed by atoms with Crippen LogP contribution < -0.4 is 10.6 Å². The summed E-state index contributed by atoms with van der Waals surface area (Å²) < 4.78 is 1.82. The number of rotatable bonds is 7. The molecule has 3 rings (SSSR count). The van der Waals surface area contributed by atoms with Crippen LogP contribution in [0.3, 0.4) is 0 Å². The lowest BCUT2D eigenvalue weighted by molar-refractivity contribution is 0.644. The van der Waals surface area contributed by atoms with E-state index in [2.05, 4.69) is 76.0 Å². The first-order valence-corrected chi connectivity index (χ1v) is 9.87. The SMILES string of the molecule is CN=C(NCc1cccc(Cn2cncn2)c1)NC(C)Cc1ccc(C)s1.I. The van der Waals surface area contributed by atoms with Crippen molar-refractivity contribution in [3.8, 4) is 0 Å². The molecule has 8 heteroatoms. The lowest BCUT2D eigenvalue weighted by Crippen LogP contribution is -2.42. The molecule has 0 spiro atoms. The van der Waals surface area contributed by atoms with Gasteiger partial charge in [-0.25, -0.2) is 9.67 Å². The number of thiophene rings is 1. The zero-order valence-electron chi connectivity index (χ0n) is 16.4. The van der Waals surface area contributed by atoms with Crippen LogP contribution >= 0.6 is 35.3 Å². The summed E-state index contributed by atoms with van der Waals surface area (Å²) in [6, 6.07) is 13.2. The first kappa shape index (κ1) is 22.4. The minimum atomic E-state index is 0. The monoisotopic (exact) mass is 510 g/mol. The van der Waals surface area contributed by atoms with E-state index in [1.807, 2.05) is 16.0 Å². The Hall–Kier alpha value is -1.94. The summed E-state index contributed by atoms with van der Waals surface area (Å²) in [4.78, 5) is 11.1. The molecule has 0 fully saturated rings. The third-order valence-electron chi connectivity index (χ3n) is 4.17. The van der Waals surface area contributed by atoms with E-state index in [0.717, 1.165) is 25.5 Å². The van der Waals surface area contributed by atoms with Crippen molar-refractivity contribution < 1.29 is 0 Å². The van der Waals surface area contributed by atoms with Crippen molar-refractivity contribution in [1.82, 2.24) is 25.4 Å². The summed E-state index contributed by atoms with van der Waals surface area (Å²) in [5.41, 5.74) is 2.40. The fourth-order valence-electron chi connectivity index (χ4n) is 2.90. The van der Waals surface area contributed by atoms with Gasteiger partial charge in [-0.15, -0.1) is 35.3 Å². The lowest BCUT2D eigenvalue weighted by Gasteiger charge is -2.17. The third kappa shape index (κ3) is 6.90. The summed E-state index contributed by atoms with van der Waals surface area (Å²) in [6.45, 7) is 5.76. The number of benzene rings is 1. The Morgan fingerprint density at radius 1 is 1.25 bits per heavy atom. The highest BCUT2D eigenvalue weighted by atomic mass is 127. The van der Waals surface area contributed by atoms with Gasteiger partial charge in [-0.2, -0.15) is 5.10 Å². The molecular weight excluding hydrogens is 483 g/mol. The fraction of sp³-hybridized carbons (Fsp3) is 0.350. The first-order chi connectivity index (χ1) is 13.1. The van der Waals surface area contributed by atoms with Crippen molar-refractivity contribution >= 4 is 41.3 Å². The summed E-state index contributed by atoms with van der Waals surface area (Å²) in [7, 11) is 1.80. The molecule has 0 saturated heterocycles. The Morgan fingerprint density at radius 3 is 2.75 bits per heavy atom. The molecule has 0 bridgehead atoms. The second kappa shape index (κ2) is 11.2. The van der Waals surface area contributed by atoms with Crippen LogP contribution in [0.25, 0.3) is 0 Å². The van der Waals surface area contributed by atoms with Gasteiger partial charge in [0.1, 0.15) is 12.7 Å². The Labute approximate surface area is 187 Å². The van der Waals surface area contributed by atoms with Crippen molar-refractivity contribution in [3.63, 3.8) is 0 Å². The summed E-state index contributed by atoms with van der Waals surface area (Å²) in [5, 5.41) is 11.0. The number of halogens is 1. The second-order valence-electron chi connectivity index (χ2n) is 6.60. The topological polar surface area (TPSA) is 67.1 Å². The molecule has 0 aliphatic rings. The number of nitrogens with one attached hydrogen (secondary N) is 2. The quantitative estimate of drug-likeness (QED) is 0.290. The molecule has 6 nitrogen and oxygen atoms in total. The zero-order chi connectivity index (χ0) is 19.1. The van der Waals surface area contributed by atoms with Crippen molar-refractivity contribution in [2.75, 3.05) is 7.05 Å². The molecule has 2 aromatic heterocycles. The van der Waals surface area contributed by atoms with Crippen LogP contribution in [-0.2, 0) is 19.5 Å². The molecule has 0 aliphatic heterocycles. The molecule has 1 unspecified atom stereocenters. The highest BCUT2D eigenvalue weighted by molar-refractivity contribution is 14.0. The van der Waals surface area contributed by atoms with Gasteiger partial charge in [-0.1, -0.05) is 24.3 Å². The molecule has 1 aromatic carbocycles. The predicted octanol–water partition coefficient (Wildman–Crippen LogP) is 3.61. The van der Waals surface area contributed by atoms with Gasteiger partial charge >= 0.3 is 0 Å². The molecule has 0 amide bonds. The van der Waals surface area contributed by atoms with Crippen molar-refractivity contribution in [2.24, 2.45) is 4.99 Å². The predicted molar refractivity (Wildman–Crippen MR) is 127 cm³/mol. The third-order valence-corrected chi connectivity index (χ3v) is 5.20. The summed E-state index contributed by atoms with van der Waals surface area (Å²) in [5.74, 6) is 0.817. The Balaban J connectivity index is 0.00000280. The minimum Gasteiger partial charge on any atom is -0.354 e. The van der Waals surface area contributed by atoms with Crippen LogP contribution in [0.2, 0.25) is 0 Å². The summed E-state index contributed by atoms with van der Waals surface area (Å²) in [6.07, 6.45) is 4.28. The van der Waals surface area contributed by atoms with E-state index in [-0.39, 0.29) is 24.0 Å². The molecular formula is C20H27IN6S. The van der Waals surface area contributed by atoms with Gasteiger partial charge in [-0.3, -0.25) is 4.99 Å². The molecule has 3 aromatic rings. The minimum absolute atomic E-state index is 0. The summed E-state index contributed by atoms with van der Waals surface area (Å²) >= 11 is 1.85. The highest BCUT2D eigenvalue weighted by Crippen LogP contribution is 2.16. The molecule has 0 saturated carbocycles. The molecule has 28 heavy (non-hydrogen) atoms. The van der Waals surface area contributed by atoms with Crippen LogP contribution in [0, 0.1) is 6.92 Å². The average Bonchev–Trinajstić information content (AvgIpc) is 3.30. The van der Waals surface area contributed by atoms with E-state index in [1.165, 1.54) is 20.9 Å². The molecule has 2 N–H and O–H groups in total. The van der Waals surface area contributed by atoms with Crippen LogP contribution in [0.4, 0.5) is 0 Å². The maximum atomic E-state index is 4.35. The normalized spacial score (nSPS) is 12.3. The van der Waals surface area contributed by atoms with Crippen LogP contribution in [-0.4, -0.2) is 33.8 Å². The fourth-order valence-corrected chi connectivity index (χ4v) is 3.92. The van der Waals surface area contributed by atoms with Crippen LogP contribution in [0.1, 0.15) is 27.8 Å². The number of aryl methyl sites for hydroxylation is 1. The first-order valence-electron chi connectivity index (χ1n) is 9.05. The molecule has 1 atom stereocenters. The van der Waals surface area contributed by atoms with Crippen LogP contribution in [0.15, 0.2) is 54.0 Å². The number of hydrogen-bond acceptors (Lipinski definition) is 4. The van der Waals surface area contributed by atoms with E-state index < -0.39 is 0 Å². The number of guanidine groups is 1. The maximum absolute atomic E-state index is 4.35. The highest BCUT2D eigenvalue weighted by Gasteiger charge is 2.08. The van der Waals surface area contributed by atoms with Gasteiger partial charge in [0.25, 0.3) is 0 Å². The smallest absolute Gasteiger partial charge is 0.191 e. The lowest BCUT2D eigenvalue weighted by atomic mass is 10.1. The van der Waals surface area contributed by atoms with E-state index in [0.29, 0.717) is 6.04 Å². The number of aliphatic imine (C=N–C) groups is 1. The van der Waals surface area contributed by atoms with E-state index in [9.17, 15) is 0 Å². The molecule has 0 radical (unpaired) electrons. The van der Waals surface area contributed by atoms with Crippen molar-refractivity contribution in [1.29, 1.82) is 0 Å². The molecule has 0 aliphatic carbocycles. The Bertz CT molecular complexity index is 874. The standard InChI is InChI=1S/C20H26N6S.HI/c1-15(9-19-8-7-16(2)27-19)25-20(21-3)23-11-17-5-4-6-18(10-17)12-26-14-22-13-24-26;/h4-8,10,13-15H,9,11-12H2,1-3H3,(H2,21,23,25);1H. The van der Waals surface area contributed by atoms with E-state index in [4.69, 9.17) is 0 Å². The van der Waals surface area contributed by atoms with E-state index >= 15 is 0 Å². The van der Waals surface area contributed by atoms with Gasteiger partial charge in [0.05, 0.1) is 6.54 Å². The van der Waals surface area contributed by atoms with Crippen molar-refractivity contribution in [2.45, 2.75) is 39.4 Å². The van der Waals surface area contributed by atoms with Gasteiger partial charge in [0.15, 0.2) is 5.96 Å². The molecule has 2 heterocycles. The van der Waals surface area contributed by atoms with E-state index in [1.54, 1.807) is 19.7 Å². The van der Waals surface area contributed by atoms with Gasteiger partial charge in [0, 0.05) is 35.8 Å². The number of aromatic nitrogens is 3. The van der Waals surface area contributed by atoms with Gasteiger partial charge in [0.2, 0.25) is 0 Å². The van der Waals surface area contributed by atoms with Crippen molar-refractivity contribution in [3.05, 3.63) is 69.9 Å². The maximum Gasteiger partial charge on any atom is 0.191 e. The van der Waals surface area contributed by atoms with Gasteiger partial charge in [-0.05, 0) is 37.1 Å². The second-order valence-corrected chi connectivity index (χ2v) is 7.97. The zero-order valence-corrected chi connectivity index (χ0v) is 19.6. The van der Waals surface area contributed by atoms with Gasteiger partial charge < -0.3 is 10.6 Å². The molecule has 150 valence electrons. The Morgan fingerprint density at radius 2 is 2.07 bits per heavy atom. The van der Waals surface area contributed by atoms with Crippen LogP contribution in [0.5, 0.6) is 0 Å². The number of hydrogen-bond donors (Lipinski definition) is 2. The average molecular weight is 510 g/mol. The number of nitrogens with zero attached hydrogens (tertiary/aromatic N) is 4. The Kier molecular flexibility index (Phi) is 8.91.